The largest absolute Gasteiger partial charge is 0.289 e. The number of anilines is 1. The van der Waals surface area contributed by atoms with Gasteiger partial charge in [0.2, 0.25) is 0 Å². The number of amides is 4. The van der Waals surface area contributed by atoms with Crippen LogP contribution in [0, 0.1) is 6.92 Å². The third-order valence-corrected chi connectivity index (χ3v) is 4.17. The van der Waals surface area contributed by atoms with E-state index in [0.29, 0.717) is 5.69 Å². The van der Waals surface area contributed by atoms with Gasteiger partial charge in [0.25, 0.3) is 23.6 Å². The van der Waals surface area contributed by atoms with Crippen LogP contribution < -0.4 is 10.2 Å². The molecule has 2 aromatic carbocycles. The molecule has 2 aliphatic rings. The molecule has 140 valence electrons. The van der Waals surface area contributed by atoms with Gasteiger partial charge in [0.1, 0.15) is 0 Å². The van der Waals surface area contributed by atoms with Crippen LogP contribution in [0.3, 0.4) is 0 Å². The topological polar surface area (TPSA) is 83.6 Å². The SMILES string of the molecule is Cc1ccc(Cc2ccc(N3C(=O)C=CC3=O)cc2)cc1.O=C1C=CC(=O)N1. The molecule has 28 heavy (non-hydrogen) atoms. The van der Waals surface area contributed by atoms with E-state index in [0.717, 1.165) is 12.0 Å². The number of aryl methyl sites for hydroxylation is 1. The number of rotatable bonds is 3. The normalized spacial score (nSPS) is 15.0. The lowest BCUT2D eigenvalue weighted by Gasteiger charge is -2.14. The van der Waals surface area contributed by atoms with E-state index in [4.69, 9.17) is 0 Å². The minimum absolute atomic E-state index is 0.286. The Kier molecular flexibility index (Phi) is 5.60. The summed E-state index contributed by atoms with van der Waals surface area (Å²) in [6, 6.07) is 15.9. The minimum Gasteiger partial charge on any atom is -0.289 e. The maximum Gasteiger partial charge on any atom is 0.258 e. The Morgan fingerprint density at radius 2 is 1.14 bits per heavy atom. The van der Waals surface area contributed by atoms with Crippen LogP contribution in [0.25, 0.3) is 0 Å². The average molecular weight is 374 g/mol. The number of carbonyl (C=O) groups excluding carboxylic acids is 4. The molecule has 0 atom stereocenters. The first-order valence-corrected chi connectivity index (χ1v) is 8.66. The molecule has 2 aliphatic heterocycles. The van der Waals surface area contributed by atoms with Crippen LogP contribution in [0.4, 0.5) is 5.69 Å². The molecule has 6 nitrogen and oxygen atoms in total. The first kappa shape index (κ1) is 19.0. The van der Waals surface area contributed by atoms with Crippen molar-refractivity contribution in [3.8, 4) is 0 Å². The Labute approximate surface area is 162 Å². The second-order valence-corrected chi connectivity index (χ2v) is 6.36. The zero-order valence-electron chi connectivity index (χ0n) is 15.2. The van der Waals surface area contributed by atoms with Crippen LogP contribution in [-0.2, 0) is 25.6 Å². The maximum atomic E-state index is 11.6. The molecule has 0 unspecified atom stereocenters. The Balaban J connectivity index is 0.000000271. The molecule has 0 spiro atoms. The highest BCUT2D eigenvalue weighted by Gasteiger charge is 2.24. The van der Waals surface area contributed by atoms with E-state index >= 15 is 0 Å². The van der Waals surface area contributed by atoms with E-state index in [1.54, 1.807) is 0 Å². The minimum atomic E-state index is -0.329. The molecule has 0 saturated heterocycles. The van der Waals surface area contributed by atoms with Crippen LogP contribution in [0.1, 0.15) is 16.7 Å². The number of nitrogens with one attached hydrogen (secondary N) is 1. The fraction of sp³-hybridized carbons (Fsp3) is 0.0909. The summed E-state index contributed by atoms with van der Waals surface area (Å²) in [4.78, 5) is 44.5. The predicted octanol–water partition coefficient (Wildman–Crippen LogP) is 2.21. The number of imide groups is 2. The van der Waals surface area contributed by atoms with Crippen molar-refractivity contribution >= 4 is 29.3 Å². The van der Waals surface area contributed by atoms with Crippen molar-refractivity contribution in [1.29, 1.82) is 0 Å². The van der Waals surface area contributed by atoms with Crippen molar-refractivity contribution in [2.24, 2.45) is 0 Å². The molecule has 2 aromatic rings. The van der Waals surface area contributed by atoms with E-state index in [9.17, 15) is 19.2 Å². The molecule has 0 saturated carbocycles. The highest BCUT2D eigenvalue weighted by molar-refractivity contribution is 6.28. The van der Waals surface area contributed by atoms with Gasteiger partial charge in [-0.25, -0.2) is 4.90 Å². The van der Waals surface area contributed by atoms with Gasteiger partial charge >= 0.3 is 0 Å². The Hall–Kier alpha value is -3.80. The number of hydrogen-bond acceptors (Lipinski definition) is 4. The molecule has 2 heterocycles. The van der Waals surface area contributed by atoms with Crippen molar-refractivity contribution in [2.45, 2.75) is 13.3 Å². The molecule has 0 fully saturated rings. The van der Waals surface area contributed by atoms with Gasteiger partial charge in [0, 0.05) is 24.3 Å². The van der Waals surface area contributed by atoms with Gasteiger partial charge < -0.3 is 0 Å². The molecule has 4 rings (SSSR count). The summed E-state index contributed by atoms with van der Waals surface area (Å²) in [5.74, 6) is -1.23. The van der Waals surface area contributed by atoms with Crippen molar-refractivity contribution in [2.75, 3.05) is 4.90 Å². The molecule has 4 amide bonds. The third kappa shape index (κ3) is 4.67. The molecule has 0 aliphatic carbocycles. The van der Waals surface area contributed by atoms with Crippen molar-refractivity contribution in [1.82, 2.24) is 5.32 Å². The second kappa shape index (κ2) is 8.26. The summed E-state index contributed by atoms with van der Waals surface area (Å²) in [6.45, 7) is 2.07. The lowest BCUT2D eigenvalue weighted by Crippen LogP contribution is -2.29. The van der Waals surface area contributed by atoms with Gasteiger partial charge in [-0.05, 0) is 36.6 Å². The fourth-order valence-electron chi connectivity index (χ4n) is 2.72. The maximum absolute atomic E-state index is 11.6. The zero-order chi connectivity index (χ0) is 20.1. The molecule has 0 bridgehead atoms. The summed E-state index contributed by atoms with van der Waals surface area (Å²) in [7, 11) is 0. The highest BCUT2D eigenvalue weighted by atomic mass is 16.2. The Morgan fingerprint density at radius 1 is 0.679 bits per heavy atom. The van der Waals surface area contributed by atoms with Gasteiger partial charge in [0.05, 0.1) is 5.69 Å². The van der Waals surface area contributed by atoms with E-state index in [-0.39, 0.29) is 23.6 Å². The molecule has 0 aromatic heterocycles. The van der Waals surface area contributed by atoms with Crippen LogP contribution in [0.5, 0.6) is 0 Å². The number of hydrogen-bond donors (Lipinski definition) is 1. The highest BCUT2D eigenvalue weighted by Crippen LogP contribution is 2.20. The van der Waals surface area contributed by atoms with E-state index in [1.807, 2.05) is 29.6 Å². The van der Waals surface area contributed by atoms with E-state index in [1.165, 1.54) is 40.3 Å². The summed E-state index contributed by atoms with van der Waals surface area (Å²) in [5, 5.41) is 2.03. The van der Waals surface area contributed by atoms with Gasteiger partial charge in [-0.3, -0.25) is 24.5 Å². The summed E-state index contributed by atoms with van der Waals surface area (Å²) < 4.78 is 0. The van der Waals surface area contributed by atoms with Crippen LogP contribution in [-0.4, -0.2) is 23.6 Å². The van der Waals surface area contributed by atoms with Crippen LogP contribution >= 0.6 is 0 Å². The average Bonchev–Trinajstić information content (AvgIpc) is 3.22. The first-order valence-electron chi connectivity index (χ1n) is 8.66. The zero-order valence-corrected chi connectivity index (χ0v) is 15.2. The second-order valence-electron chi connectivity index (χ2n) is 6.36. The van der Waals surface area contributed by atoms with Crippen molar-refractivity contribution in [3.05, 3.63) is 89.5 Å². The van der Waals surface area contributed by atoms with Gasteiger partial charge in [0.15, 0.2) is 0 Å². The van der Waals surface area contributed by atoms with E-state index < -0.39 is 0 Å². The summed E-state index contributed by atoms with van der Waals surface area (Å²) >= 11 is 0. The number of carbonyl (C=O) groups is 4. The summed E-state index contributed by atoms with van der Waals surface area (Å²) in [6.07, 6.45) is 5.82. The Morgan fingerprint density at radius 3 is 1.57 bits per heavy atom. The summed E-state index contributed by atoms with van der Waals surface area (Å²) in [5.41, 5.74) is 4.24. The van der Waals surface area contributed by atoms with Crippen molar-refractivity contribution in [3.63, 3.8) is 0 Å². The third-order valence-electron chi connectivity index (χ3n) is 4.17. The molecular formula is C22H18N2O4. The number of benzene rings is 2. The molecule has 1 N–H and O–H groups in total. The van der Waals surface area contributed by atoms with Crippen LogP contribution in [0.15, 0.2) is 72.8 Å². The molecule has 0 radical (unpaired) electrons. The predicted molar refractivity (Wildman–Crippen MR) is 104 cm³/mol. The number of nitrogens with zero attached hydrogens (tertiary/aromatic N) is 1. The van der Waals surface area contributed by atoms with E-state index in [2.05, 4.69) is 31.2 Å². The molecular weight excluding hydrogens is 356 g/mol. The fourth-order valence-corrected chi connectivity index (χ4v) is 2.72. The molecule has 6 heteroatoms. The lowest BCUT2D eigenvalue weighted by atomic mass is 10.0. The smallest absolute Gasteiger partial charge is 0.258 e. The van der Waals surface area contributed by atoms with Crippen LogP contribution in [0.2, 0.25) is 0 Å². The van der Waals surface area contributed by atoms with Crippen molar-refractivity contribution < 1.29 is 19.2 Å². The van der Waals surface area contributed by atoms with Gasteiger partial charge in [-0.2, -0.15) is 0 Å². The lowest BCUT2D eigenvalue weighted by molar-refractivity contribution is -0.124. The van der Waals surface area contributed by atoms with Gasteiger partial charge in [-0.1, -0.05) is 42.0 Å². The monoisotopic (exact) mass is 374 g/mol. The first-order chi connectivity index (χ1) is 13.4. The quantitative estimate of drug-likeness (QED) is 0.835. The standard InChI is InChI=1S/C18H15NO2.C4H3NO2/c1-13-2-4-14(5-3-13)12-15-6-8-16(9-7-15)19-17(20)10-11-18(19)21;6-3-1-2-4(7)5-3/h2-11H,12H2,1H3;1-2H,(H,5,6,7). The van der Waals surface area contributed by atoms with Gasteiger partial charge in [-0.15, -0.1) is 0 Å². The Bertz CT molecular complexity index is 952.